The molecule has 10 heteroatoms. The maximum absolute atomic E-state index is 2.63. The van der Waals surface area contributed by atoms with Gasteiger partial charge in [0.1, 0.15) is 30.8 Å². The lowest BCUT2D eigenvalue weighted by atomic mass is 9.85. The van der Waals surface area contributed by atoms with Crippen molar-refractivity contribution in [3.05, 3.63) is 501 Å². The fourth-order valence-electron chi connectivity index (χ4n) is 22.4. The molecule has 5 heterocycles. The molecule has 2 aliphatic carbocycles. The van der Waals surface area contributed by atoms with Crippen LogP contribution in [-0.4, -0.2) is 18.1 Å². The van der Waals surface area contributed by atoms with Gasteiger partial charge in [-0.15, -0.1) is 0 Å². The predicted molar refractivity (Wildman–Crippen MR) is 581 cm³/mol. The Balaban J connectivity index is 0.000000120. The summed E-state index contributed by atoms with van der Waals surface area (Å²) in [6.07, 6.45) is 12.7. The molecule has 0 bridgehead atoms. The third-order valence-corrected chi connectivity index (χ3v) is 29.1. The fraction of sp³-hybridized carbons (Fsp3) is 0.260. The normalized spacial score (nSPS) is 18.6. The highest BCUT2D eigenvalue weighted by Crippen LogP contribution is 2.56. The van der Waals surface area contributed by atoms with Crippen LogP contribution in [0.15, 0.2) is 446 Å². The molecule has 7 aliphatic rings. The second-order valence-electron chi connectivity index (χ2n) is 39.0. The van der Waals surface area contributed by atoms with Crippen LogP contribution in [0.5, 0.6) is 0 Å². The molecule has 2 fully saturated rings. The van der Waals surface area contributed by atoms with Gasteiger partial charge < -0.3 is 49.0 Å². The molecule has 0 spiro atoms. The first-order chi connectivity index (χ1) is 66.7. The van der Waals surface area contributed by atoms with E-state index in [2.05, 4.69) is 554 Å². The monoisotopic (exact) mass is 1800 g/mol. The number of rotatable bonds is 16. The van der Waals surface area contributed by atoms with E-state index in [1.165, 1.54) is 222 Å². The molecule has 14 aromatic rings. The van der Waals surface area contributed by atoms with Gasteiger partial charge in [-0.2, -0.15) is 0 Å². The molecular weight excluding hydrogens is 1670 g/mol. The van der Waals surface area contributed by atoms with Crippen molar-refractivity contribution >= 4 is 56.9 Å². The maximum atomic E-state index is 2.63. The van der Waals surface area contributed by atoms with Crippen LogP contribution in [0.1, 0.15) is 207 Å². The minimum atomic E-state index is 0.0277. The molecule has 0 aromatic heterocycles. The van der Waals surface area contributed by atoms with E-state index in [9.17, 15) is 0 Å². The third kappa shape index (κ3) is 19.7. The van der Waals surface area contributed by atoms with E-state index in [0.717, 1.165) is 0 Å². The van der Waals surface area contributed by atoms with Gasteiger partial charge in [-0.05, 0) is 243 Å². The van der Waals surface area contributed by atoms with Crippen molar-refractivity contribution < 1.29 is 0 Å². The molecule has 0 radical (unpaired) electrons. The number of hydrogen-bond acceptors (Lipinski definition) is 10. The van der Waals surface area contributed by atoms with Gasteiger partial charge in [0.25, 0.3) is 0 Å². The molecular formula is C127H138N10. The van der Waals surface area contributed by atoms with Gasteiger partial charge >= 0.3 is 0 Å². The summed E-state index contributed by atoms with van der Waals surface area (Å²) in [7, 11) is 2.20. The minimum Gasteiger partial charge on any atom is -0.356 e. The highest BCUT2D eigenvalue weighted by atomic mass is 15.5. The van der Waals surface area contributed by atoms with Crippen molar-refractivity contribution in [3.8, 4) is 0 Å². The van der Waals surface area contributed by atoms with Crippen LogP contribution < -0.4 is 44.1 Å². The Morgan fingerprint density at radius 1 is 0.204 bits per heavy atom. The Morgan fingerprint density at radius 3 is 0.745 bits per heavy atom. The van der Waals surface area contributed by atoms with E-state index >= 15 is 0 Å². The Kier molecular flexibility index (Phi) is 29.5. The molecule has 10 nitrogen and oxygen atoms in total. The summed E-state index contributed by atoms with van der Waals surface area (Å²) in [5.74, 6) is 1.25. The van der Waals surface area contributed by atoms with Crippen molar-refractivity contribution in [3.63, 3.8) is 0 Å². The lowest BCUT2D eigenvalue weighted by Gasteiger charge is -2.42. The first-order valence-corrected chi connectivity index (χ1v) is 49.8. The number of aryl methyl sites for hydroxylation is 5. The quantitative estimate of drug-likeness (QED) is 0.0933. The van der Waals surface area contributed by atoms with Gasteiger partial charge in [-0.3, -0.25) is 0 Å². The Labute approximate surface area is 818 Å². The zero-order chi connectivity index (χ0) is 95.4. The zero-order valence-electron chi connectivity index (χ0n) is 83.4. The maximum Gasteiger partial charge on any atom is 0.137 e. The van der Waals surface area contributed by atoms with Crippen LogP contribution in [0.3, 0.4) is 0 Å². The molecule has 137 heavy (non-hydrogen) atoms. The number of nitrogens with zero attached hydrogens (tertiary/aromatic N) is 10. The standard InChI is InChI=1S/C29H32N2.C29H26N2.C28H30N2.C24H24N2.C17H26N2/c2*1-22-14-12-13-21-27(22)30-23(2)28(24-15-6-3-7-16-24)31(26-19-10-5-11-20-26)29(30)25-17-8-4-9-18-25;1-21-13-9-12-20-26(21)29-22(2)27(23-14-10-11-15-23)30(25-18-7-4-8-19-25)28(29)24-16-5-3-6-17-24;1-18-12-10-11-17-23(18)26-20(3)19(2)25(22-15-8-5-9-16-22)24(26)21-13-6-4-7-14-21;1-12-10-8-9-11-15(12)19-14(3)13(2)18(7)16(19)17(4,5)6/h4-5,8-14,17-21,24,29H,3,6-7,15-16H2,1-2H3;3-21,29H,1-2H3;3-9,12-13,16-20,23,28H,10-11,14-15H2,1-2H3;4-17,24H,1-3H3;8-11,16H,1-7H3. The van der Waals surface area contributed by atoms with E-state index in [4.69, 9.17) is 0 Å². The number of hydrogen-bond donors (Lipinski definition) is 0. The highest BCUT2D eigenvalue weighted by Gasteiger charge is 2.47. The molecule has 0 saturated heterocycles. The van der Waals surface area contributed by atoms with Crippen molar-refractivity contribution in [2.24, 2.45) is 17.3 Å². The molecule has 5 atom stereocenters. The van der Waals surface area contributed by atoms with Crippen LogP contribution in [0.4, 0.5) is 51.2 Å². The van der Waals surface area contributed by atoms with Crippen LogP contribution >= 0.6 is 0 Å². The average molecular weight is 1800 g/mol. The number of allylic oxidation sites excluding steroid dienone is 9. The number of para-hydroxylation sites is 9. The van der Waals surface area contributed by atoms with Gasteiger partial charge in [0.15, 0.2) is 0 Å². The fourth-order valence-corrected chi connectivity index (χ4v) is 22.4. The van der Waals surface area contributed by atoms with E-state index in [1.54, 1.807) is 0 Å². The second-order valence-corrected chi connectivity index (χ2v) is 39.0. The smallest absolute Gasteiger partial charge is 0.137 e. The van der Waals surface area contributed by atoms with Gasteiger partial charge in [-0.25, -0.2) is 0 Å². The predicted octanol–water partition coefficient (Wildman–Crippen LogP) is 33.3. The van der Waals surface area contributed by atoms with Crippen LogP contribution in [-0.2, 0) is 0 Å². The summed E-state index contributed by atoms with van der Waals surface area (Å²) in [6.45, 7) is 33.8. The lowest BCUT2D eigenvalue weighted by Crippen LogP contribution is -2.48. The van der Waals surface area contributed by atoms with Gasteiger partial charge in [0, 0.05) is 127 Å². The summed E-state index contributed by atoms with van der Waals surface area (Å²) < 4.78 is 0. The molecule has 14 aromatic carbocycles. The third-order valence-electron chi connectivity index (χ3n) is 29.1. The highest BCUT2D eigenvalue weighted by molar-refractivity contribution is 5.90. The van der Waals surface area contributed by atoms with Gasteiger partial charge in [0.05, 0.1) is 5.70 Å². The summed E-state index contributed by atoms with van der Waals surface area (Å²) in [5.41, 5.74) is 38.2. The summed E-state index contributed by atoms with van der Waals surface area (Å²) in [5, 5.41) is 0. The van der Waals surface area contributed by atoms with E-state index in [1.807, 2.05) is 0 Å². The summed E-state index contributed by atoms with van der Waals surface area (Å²) >= 11 is 0. The summed E-state index contributed by atoms with van der Waals surface area (Å²) in [6, 6.07) is 141. The van der Waals surface area contributed by atoms with Crippen molar-refractivity contribution in [2.45, 2.75) is 192 Å². The van der Waals surface area contributed by atoms with Crippen molar-refractivity contribution in [2.75, 3.05) is 51.1 Å². The van der Waals surface area contributed by atoms with E-state index < -0.39 is 0 Å². The number of benzene rings is 14. The largest absolute Gasteiger partial charge is 0.356 e. The average Bonchev–Trinajstić information content (AvgIpc) is 1.59. The van der Waals surface area contributed by atoms with Crippen LogP contribution in [0.25, 0.3) is 5.70 Å². The number of anilines is 9. The van der Waals surface area contributed by atoms with E-state index in [0.29, 0.717) is 18.0 Å². The first kappa shape index (κ1) is 94.5. The first-order valence-electron chi connectivity index (χ1n) is 49.8. The molecule has 2 saturated carbocycles. The van der Waals surface area contributed by atoms with Crippen molar-refractivity contribution in [1.82, 2.24) is 4.90 Å². The Bertz CT molecular complexity index is 6540. The van der Waals surface area contributed by atoms with Crippen LogP contribution in [0, 0.1) is 51.9 Å². The molecule has 696 valence electrons. The van der Waals surface area contributed by atoms with Crippen LogP contribution in [0.2, 0.25) is 0 Å². The molecule has 5 aliphatic heterocycles. The molecule has 0 N–H and O–H groups in total. The molecule has 21 rings (SSSR count). The molecule has 0 amide bonds. The SMILES string of the molecule is CC1=C(C)N(c2ccccc2C)C(C(C)(C)C)N1C.CC1=C(C)N(c2ccccc2C)C(c2ccccc2)N1c1ccccc1.CC1=C(C2CCCC2)N(c2ccccc2)C(c2ccccc2)N1c1ccccc1C.CC1=C(C2CCCCC2)N(c2ccccc2)C(c2ccccc2)N1c1ccccc1C.CC1=C(c2ccccc2)N(c2ccccc2)C(c2ccccc2)N1c1ccccc1C. The van der Waals surface area contributed by atoms with Crippen molar-refractivity contribution in [1.29, 1.82) is 0 Å². The Morgan fingerprint density at radius 2 is 0.431 bits per heavy atom. The topological polar surface area (TPSA) is 32.4 Å². The summed E-state index contributed by atoms with van der Waals surface area (Å²) in [4.78, 5) is 25.2. The van der Waals surface area contributed by atoms with E-state index in [-0.39, 0.29) is 30.1 Å². The van der Waals surface area contributed by atoms with Gasteiger partial charge in [-0.1, -0.05) is 368 Å². The van der Waals surface area contributed by atoms with Gasteiger partial charge in [0.2, 0.25) is 0 Å². The Hall–Kier alpha value is -14.2. The molecule has 5 unspecified atom stereocenters. The minimum absolute atomic E-state index is 0.0277. The second kappa shape index (κ2) is 42.8. The zero-order valence-corrected chi connectivity index (χ0v) is 83.4. The lowest BCUT2D eigenvalue weighted by molar-refractivity contribution is 0.180.